The van der Waals surface area contributed by atoms with Crippen molar-refractivity contribution in [1.82, 2.24) is 5.32 Å². The number of nitrogens with one attached hydrogen (secondary N) is 1. The lowest BCUT2D eigenvalue weighted by atomic mass is 9.97. The highest BCUT2D eigenvalue weighted by atomic mass is 16.5. The molecule has 1 fully saturated rings. The van der Waals surface area contributed by atoms with E-state index in [0.717, 1.165) is 18.4 Å². The molecule has 5 heteroatoms. The number of hydrogen-bond donors (Lipinski definition) is 2. The second kappa shape index (κ2) is 7.11. The summed E-state index contributed by atoms with van der Waals surface area (Å²) in [7, 11) is 0. The fourth-order valence-electron chi connectivity index (χ4n) is 2.36. The van der Waals surface area contributed by atoms with Gasteiger partial charge in [0.25, 0.3) is 0 Å². The minimum absolute atomic E-state index is 0.136. The van der Waals surface area contributed by atoms with Crippen LogP contribution in [0.25, 0.3) is 0 Å². The number of amides is 1. The van der Waals surface area contributed by atoms with Gasteiger partial charge in [0.2, 0.25) is 0 Å². The van der Waals surface area contributed by atoms with Crippen molar-refractivity contribution in [2.24, 2.45) is 11.8 Å². The molecule has 1 aliphatic carbocycles. The van der Waals surface area contributed by atoms with Crippen molar-refractivity contribution in [3.8, 4) is 0 Å². The molecule has 0 radical (unpaired) electrons. The maximum atomic E-state index is 11.7. The van der Waals surface area contributed by atoms with Crippen LogP contribution in [0.15, 0.2) is 30.3 Å². The van der Waals surface area contributed by atoms with Gasteiger partial charge in [0, 0.05) is 0 Å². The van der Waals surface area contributed by atoms with E-state index >= 15 is 0 Å². The lowest BCUT2D eigenvalue weighted by molar-refractivity contribution is -0.139. The first-order valence-electron chi connectivity index (χ1n) is 7.26. The molecule has 0 aromatic heterocycles. The highest BCUT2D eigenvalue weighted by Gasteiger charge is 2.32. The van der Waals surface area contributed by atoms with Crippen molar-refractivity contribution in [2.75, 3.05) is 0 Å². The molecule has 21 heavy (non-hydrogen) atoms. The first kappa shape index (κ1) is 15.4. The molecule has 0 saturated heterocycles. The quantitative estimate of drug-likeness (QED) is 0.810. The highest BCUT2D eigenvalue weighted by Crippen LogP contribution is 2.38. The van der Waals surface area contributed by atoms with E-state index < -0.39 is 18.1 Å². The summed E-state index contributed by atoms with van der Waals surface area (Å²) in [6, 6.07) is 8.39. The molecular weight excluding hydrogens is 270 g/mol. The maximum absolute atomic E-state index is 11.7. The Morgan fingerprint density at radius 3 is 2.57 bits per heavy atom. The Bertz CT molecular complexity index is 484. The molecule has 1 aliphatic rings. The normalized spacial score (nSPS) is 16.8. The van der Waals surface area contributed by atoms with Crippen LogP contribution in [-0.2, 0) is 16.1 Å². The standard InChI is InChI=1S/C16H21NO4/c1-11(13-7-8-13)9-14(15(18)19)17-16(20)21-10-12-5-3-2-4-6-12/h2-6,11,13-14H,7-10H2,1H3,(H,17,20)(H,18,19). The molecular formula is C16H21NO4. The molecule has 0 aliphatic heterocycles. The zero-order chi connectivity index (χ0) is 15.2. The smallest absolute Gasteiger partial charge is 0.408 e. The first-order chi connectivity index (χ1) is 10.1. The second-order valence-electron chi connectivity index (χ2n) is 5.65. The van der Waals surface area contributed by atoms with Gasteiger partial charge in [-0.25, -0.2) is 9.59 Å². The van der Waals surface area contributed by atoms with Gasteiger partial charge in [-0.2, -0.15) is 0 Å². The largest absolute Gasteiger partial charge is 0.480 e. The Hall–Kier alpha value is -2.04. The van der Waals surface area contributed by atoms with E-state index in [9.17, 15) is 14.7 Å². The Morgan fingerprint density at radius 1 is 1.33 bits per heavy atom. The summed E-state index contributed by atoms with van der Waals surface area (Å²) in [6.07, 6.45) is 2.08. The van der Waals surface area contributed by atoms with Crippen molar-refractivity contribution in [3.63, 3.8) is 0 Å². The van der Waals surface area contributed by atoms with Gasteiger partial charge < -0.3 is 15.2 Å². The molecule has 2 atom stereocenters. The predicted octanol–water partition coefficient (Wildman–Crippen LogP) is 2.80. The Labute approximate surface area is 124 Å². The molecule has 0 bridgehead atoms. The average Bonchev–Trinajstić information content (AvgIpc) is 3.30. The van der Waals surface area contributed by atoms with Gasteiger partial charge in [-0.1, -0.05) is 37.3 Å². The van der Waals surface area contributed by atoms with E-state index in [1.807, 2.05) is 37.3 Å². The van der Waals surface area contributed by atoms with Crippen molar-refractivity contribution in [1.29, 1.82) is 0 Å². The SMILES string of the molecule is CC(CC(NC(=O)OCc1ccccc1)C(=O)O)C1CC1. The summed E-state index contributed by atoms with van der Waals surface area (Å²) in [6.45, 7) is 2.17. The molecule has 0 spiro atoms. The summed E-state index contributed by atoms with van der Waals surface area (Å²) < 4.78 is 5.05. The van der Waals surface area contributed by atoms with Crippen LogP contribution in [0.2, 0.25) is 0 Å². The molecule has 1 aromatic carbocycles. The molecule has 2 rings (SSSR count). The number of aliphatic carboxylic acids is 1. The monoisotopic (exact) mass is 291 g/mol. The molecule has 0 heterocycles. The number of rotatable bonds is 7. The number of carboxylic acids is 1. The maximum Gasteiger partial charge on any atom is 0.408 e. The second-order valence-corrected chi connectivity index (χ2v) is 5.65. The zero-order valence-electron chi connectivity index (χ0n) is 12.1. The molecule has 114 valence electrons. The van der Waals surface area contributed by atoms with Crippen molar-refractivity contribution in [3.05, 3.63) is 35.9 Å². The van der Waals surface area contributed by atoms with Gasteiger partial charge in [0.15, 0.2) is 0 Å². The lowest BCUT2D eigenvalue weighted by Gasteiger charge is -2.18. The molecule has 2 N–H and O–H groups in total. The summed E-state index contributed by atoms with van der Waals surface area (Å²) in [5.74, 6) is -0.103. The van der Waals surface area contributed by atoms with Gasteiger partial charge in [-0.15, -0.1) is 0 Å². The van der Waals surface area contributed by atoms with Crippen LogP contribution in [0, 0.1) is 11.8 Å². The van der Waals surface area contributed by atoms with Crippen LogP contribution in [0.1, 0.15) is 31.7 Å². The number of carbonyl (C=O) groups is 2. The van der Waals surface area contributed by atoms with Crippen molar-refractivity contribution < 1.29 is 19.4 Å². The summed E-state index contributed by atoms with van der Waals surface area (Å²) >= 11 is 0. The van der Waals surface area contributed by atoms with Crippen LogP contribution < -0.4 is 5.32 Å². The van der Waals surface area contributed by atoms with Crippen molar-refractivity contribution >= 4 is 12.1 Å². The topological polar surface area (TPSA) is 75.6 Å². The lowest BCUT2D eigenvalue weighted by Crippen LogP contribution is -2.42. The van der Waals surface area contributed by atoms with E-state index in [0.29, 0.717) is 18.3 Å². The Morgan fingerprint density at radius 2 is 2.00 bits per heavy atom. The van der Waals surface area contributed by atoms with E-state index in [4.69, 9.17) is 4.74 Å². The average molecular weight is 291 g/mol. The van der Waals surface area contributed by atoms with Gasteiger partial charge in [0.1, 0.15) is 12.6 Å². The molecule has 1 saturated carbocycles. The third kappa shape index (κ3) is 5.10. The number of hydrogen-bond acceptors (Lipinski definition) is 3. The first-order valence-corrected chi connectivity index (χ1v) is 7.26. The van der Waals surface area contributed by atoms with Crippen LogP contribution in [-0.4, -0.2) is 23.2 Å². The summed E-state index contributed by atoms with van der Waals surface area (Å²) in [5, 5.41) is 11.6. The summed E-state index contributed by atoms with van der Waals surface area (Å²) in [4.78, 5) is 22.9. The van der Waals surface area contributed by atoms with Gasteiger partial charge >= 0.3 is 12.1 Å². The fraction of sp³-hybridized carbons (Fsp3) is 0.500. The van der Waals surface area contributed by atoms with E-state index in [1.165, 1.54) is 0 Å². The fourth-order valence-corrected chi connectivity index (χ4v) is 2.36. The zero-order valence-corrected chi connectivity index (χ0v) is 12.1. The van der Waals surface area contributed by atoms with E-state index in [2.05, 4.69) is 5.32 Å². The number of carbonyl (C=O) groups excluding carboxylic acids is 1. The Balaban J connectivity index is 1.79. The number of carboxylic acid groups (broad SMARTS) is 1. The van der Waals surface area contributed by atoms with Crippen LogP contribution in [0.4, 0.5) is 4.79 Å². The molecule has 5 nitrogen and oxygen atoms in total. The van der Waals surface area contributed by atoms with E-state index in [-0.39, 0.29) is 6.61 Å². The third-order valence-corrected chi connectivity index (χ3v) is 3.84. The molecule has 1 amide bonds. The number of ether oxygens (including phenoxy) is 1. The van der Waals surface area contributed by atoms with E-state index in [1.54, 1.807) is 0 Å². The minimum atomic E-state index is -1.01. The third-order valence-electron chi connectivity index (χ3n) is 3.84. The van der Waals surface area contributed by atoms with Crippen molar-refractivity contribution in [2.45, 2.75) is 38.8 Å². The van der Waals surface area contributed by atoms with Gasteiger partial charge in [-0.3, -0.25) is 0 Å². The van der Waals surface area contributed by atoms with Crippen LogP contribution in [0.3, 0.4) is 0 Å². The molecule has 1 aromatic rings. The van der Waals surface area contributed by atoms with Gasteiger partial charge in [-0.05, 0) is 36.7 Å². The van der Waals surface area contributed by atoms with Gasteiger partial charge in [0.05, 0.1) is 0 Å². The minimum Gasteiger partial charge on any atom is -0.480 e. The predicted molar refractivity (Wildman–Crippen MR) is 77.7 cm³/mol. The number of alkyl carbamates (subject to hydrolysis) is 1. The number of benzene rings is 1. The van der Waals surface area contributed by atoms with Crippen LogP contribution >= 0.6 is 0 Å². The van der Waals surface area contributed by atoms with Crippen LogP contribution in [0.5, 0.6) is 0 Å². The summed E-state index contributed by atoms with van der Waals surface area (Å²) in [5.41, 5.74) is 0.867. The Kier molecular flexibility index (Phi) is 5.20. The highest BCUT2D eigenvalue weighted by molar-refractivity contribution is 5.79. The molecule has 2 unspecified atom stereocenters.